The second kappa shape index (κ2) is 16.1. The maximum atomic E-state index is 11.2. The fraction of sp³-hybridized carbons (Fsp3) is 0. The number of rotatable bonds is 8. The minimum atomic E-state index is -4.37. The number of azo groups is 2. The van der Waals surface area contributed by atoms with E-state index in [1.807, 2.05) is 0 Å². The Kier molecular flexibility index (Phi) is 12.1. The Balaban J connectivity index is 0.000000523. The standard InChI is InChI=1S/2C17H12N2O6S.Cr/c2*20-15-8-5-10-9-11(26(23,24)25)6-7-12(10)16(15)19-18-14-4-2-1-3-13(14)17(21)22;/h2*1-9,20H,(H,21,22)(H,23,24,25);/p+3. The quantitative estimate of drug-likeness (QED) is 0.0629. The van der Waals surface area contributed by atoms with E-state index >= 15 is 0 Å². The molecule has 0 aromatic heterocycles. The molecule has 0 saturated carbocycles. The van der Waals surface area contributed by atoms with Gasteiger partial charge in [0.1, 0.15) is 34.2 Å². The molecule has 6 N–H and O–H groups in total. The first-order valence-corrected chi connectivity index (χ1v) is 17.4. The van der Waals surface area contributed by atoms with Crippen LogP contribution in [0.15, 0.2) is 139 Å². The van der Waals surface area contributed by atoms with Gasteiger partial charge in [0.05, 0.1) is 20.9 Å². The van der Waals surface area contributed by atoms with E-state index in [2.05, 4.69) is 20.5 Å². The van der Waals surface area contributed by atoms with Gasteiger partial charge in [0.2, 0.25) is 0 Å². The number of hydrogen-bond acceptors (Lipinski definition) is 12. The number of benzene rings is 6. The number of hydrogen-bond donors (Lipinski definition) is 6. The monoisotopic (exact) mass is 799 g/mol. The maximum Gasteiger partial charge on any atom is 1.00 e. The summed E-state index contributed by atoms with van der Waals surface area (Å²) >= 11 is 0. The van der Waals surface area contributed by atoms with Gasteiger partial charge in [-0.15, -0.1) is 20.5 Å². The number of aromatic carboxylic acids is 2. The van der Waals surface area contributed by atoms with Gasteiger partial charge in [0.25, 0.3) is 20.2 Å². The normalized spacial score (nSPS) is 11.7. The van der Waals surface area contributed by atoms with Crippen LogP contribution >= 0.6 is 0 Å². The van der Waals surface area contributed by atoms with E-state index in [1.54, 1.807) is 24.3 Å². The Morgan fingerprint density at radius 2 is 0.868 bits per heavy atom. The summed E-state index contributed by atoms with van der Waals surface area (Å²) in [6, 6.07) is 25.0. The molecule has 0 radical (unpaired) electrons. The van der Waals surface area contributed by atoms with Gasteiger partial charge in [0, 0.05) is 28.1 Å². The molecule has 0 unspecified atom stereocenters. The molecule has 19 heteroatoms. The predicted octanol–water partition coefficient (Wildman–Crippen LogP) is 8.15. The van der Waals surface area contributed by atoms with Crippen molar-refractivity contribution in [1.82, 2.24) is 0 Å². The molecule has 6 aromatic carbocycles. The van der Waals surface area contributed by atoms with Crippen molar-refractivity contribution < 1.29 is 77.6 Å². The number of phenolic OH excluding ortho intramolecular Hbond substituents is 2. The van der Waals surface area contributed by atoms with Crippen molar-refractivity contribution in [3.63, 3.8) is 0 Å². The van der Waals surface area contributed by atoms with Crippen LogP contribution in [-0.4, -0.2) is 58.3 Å². The summed E-state index contributed by atoms with van der Waals surface area (Å²) in [6.45, 7) is 0. The first-order valence-electron chi connectivity index (χ1n) is 14.5. The minimum Gasteiger partial charge on any atom is -0.506 e. The number of nitrogens with zero attached hydrogens (tertiary/aromatic N) is 4. The zero-order valence-corrected chi connectivity index (χ0v) is 29.4. The van der Waals surface area contributed by atoms with Crippen molar-refractivity contribution in [1.29, 1.82) is 0 Å². The van der Waals surface area contributed by atoms with Crippen LogP contribution in [0.25, 0.3) is 21.5 Å². The van der Waals surface area contributed by atoms with Gasteiger partial charge in [-0.1, -0.05) is 48.5 Å². The third kappa shape index (κ3) is 9.24. The molecule has 270 valence electrons. The van der Waals surface area contributed by atoms with Gasteiger partial charge in [-0.2, -0.15) is 16.8 Å². The van der Waals surface area contributed by atoms with Crippen molar-refractivity contribution in [3.05, 3.63) is 120 Å². The molecule has 0 saturated heterocycles. The number of aromatic hydroxyl groups is 2. The van der Waals surface area contributed by atoms with Gasteiger partial charge < -0.3 is 20.4 Å². The SMILES string of the molecule is O=C(O)c1ccccc1N=Nc1c(O)ccc2cc(S(=O)(=O)O)ccc12.O=C(O)c1ccccc1N=Nc1c(O)ccc2cc(S(=O)(=O)O)ccc12.[Cr].[H+].[H+].[H+]. The Labute approximate surface area is 315 Å². The molecule has 0 bridgehead atoms. The first-order chi connectivity index (χ1) is 24.5. The molecule has 0 fully saturated rings. The molecular weight excluding hydrogens is 773 g/mol. The second-order valence-electron chi connectivity index (χ2n) is 10.6. The minimum absolute atomic E-state index is 0. The molecule has 0 aliphatic heterocycles. The van der Waals surface area contributed by atoms with Crippen LogP contribution in [0.3, 0.4) is 0 Å². The van der Waals surface area contributed by atoms with Crippen molar-refractivity contribution in [3.8, 4) is 11.5 Å². The molecule has 0 aliphatic carbocycles. The molecule has 0 aliphatic rings. The van der Waals surface area contributed by atoms with Crippen LogP contribution in [0.2, 0.25) is 0 Å². The third-order valence-electron chi connectivity index (χ3n) is 7.26. The molecule has 0 amide bonds. The van der Waals surface area contributed by atoms with Crippen LogP contribution in [-0.2, 0) is 37.6 Å². The number of carboxylic acid groups (broad SMARTS) is 2. The van der Waals surface area contributed by atoms with Crippen LogP contribution < -0.4 is 0 Å². The fourth-order valence-corrected chi connectivity index (χ4v) is 5.81. The van der Waals surface area contributed by atoms with E-state index in [0.717, 1.165) is 0 Å². The topological polar surface area (TPSA) is 273 Å². The predicted molar refractivity (Wildman–Crippen MR) is 189 cm³/mol. The van der Waals surface area contributed by atoms with Crippen molar-refractivity contribution >= 4 is 76.5 Å². The van der Waals surface area contributed by atoms with Gasteiger partial charge in [-0.05, 0) is 71.4 Å². The average Bonchev–Trinajstić information content (AvgIpc) is 3.10. The van der Waals surface area contributed by atoms with Gasteiger partial charge >= 0.3 is 16.2 Å². The summed E-state index contributed by atoms with van der Waals surface area (Å²) in [7, 11) is -8.74. The van der Waals surface area contributed by atoms with E-state index in [4.69, 9.17) is 19.3 Å². The van der Waals surface area contributed by atoms with Crippen LogP contribution in [0.1, 0.15) is 25.0 Å². The second-order valence-corrected chi connectivity index (χ2v) is 13.5. The Hall–Kier alpha value is -6.07. The number of carboxylic acids is 2. The smallest absolute Gasteiger partial charge is 0.506 e. The van der Waals surface area contributed by atoms with E-state index in [9.17, 15) is 36.6 Å². The van der Waals surface area contributed by atoms with E-state index < -0.39 is 32.2 Å². The maximum absolute atomic E-state index is 11.2. The molecule has 6 aromatic rings. The van der Waals surface area contributed by atoms with Crippen LogP contribution in [0, 0.1) is 0 Å². The number of phenols is 2. The summed E-state index contributed by atoms with van der Waals surface area (Å²) in [6.07, 6.45) is 0. The van der Waals surface area contributed by atoms with E-state index in [0.29, 0.717) is 21.5 Å². The Morgan fingerprint density at radius 1 is 0.509 bits per heavy atom. The number of fused-ring (bicyclic) bond motifs is 2. The summed E-state index contributed by atoms with van der Waals surface area (Å²) in [5, 5.41) is 55.7. The average molecular weight is 800 g/mol. The molecule has 53 heavy (non-hydrogen) atoms. The van der Waals surface area contributed by atoms with E-state index in [-0.39, 0.29) is 76.8 Å². The molecule has 6 rings (SSSR count). The van der Waals surface area contributed by atoms with Crippen molar-refractivity contribution in [2.75, 3.05) is 0 Å². The summed E-state index contributed by atoms with van der Waals surface area (Å²) in [5.74, 6) is -2.76. The summed E-state index contributed by atoms with van der Waals surface area (Å²) in [5.41, 5.74) is 0.195. The largest absolute Gasteiger partial charge is 1.00 e. The van der Waals surface area contributed by atoms with Crippen LogP contribution in [0.5, 0.6) is 11.5 Å². The molecule has 0 heterocycles. The summed E-state index contributed by atoms with van der Waals surface area (Å²) < 4.78 is 63.3. The zero-order chi connectivity index (χ0) is 37.8. The Bertz CT molecular complexity index is 2520. The molecule has 0 atom stereocenters. The first kappa shape index (κ1) is 39.7. The number of carbonyl (C=O) groups is 2. The van der Waals surface area contributed by atoms with Gasteiger partial charge in [-0.3, -0.25) is 9.11 Å². The summed E-state index contributed by atoms with van der Waals surface area (Å²) in [4.78, 5) is 21.8. The van der Waals surface area contributed by atoms with Gasteiger partial charge in [0.15, 0.2) is 0 Å². The van der Waals surface area contributed by atoms with E-state index in [1.165, 1.54) is 84.9 Å². The van der Waals surface area contributed by atoms with Crippen molar-refractivity contribution in [2.24, 2.45) is 20.5 Å². The third-order valence-corrected chi connectivity index (χ3v) is 8.96. The fourth-order valence-electron chi connectivity index (χ4n) is 4.78. The molecule has 16 nitrogen and oxygen atoms in total. The Morgan fingerprint density at radius 3 is 1.21 bits per heavy atom. The van der Waals surface area contributed by atoms with Gasteiger partial charge in [-0.25, -0.2) is 9.59 Å². The van der Waals surface area contributed by atoms with Crippen LogP contribution in [0.4, 0.5) is 22.7 Å². The zero-order valence-electron chi connectivity index (χ0n) is 29.5. The molecule has 0 spiro atoms. The van der Waals surface area contributed by atoms with Crippen molar-refractivity contribution in [2.45, 2.75) is 9.79 Å². The molecular formula is C34H27CrN4O12S2+3.